The first kappa shape index (κ1) is 15.2. The van der Waals surface area contributed by atoms with Crippen molar-refractivity contribution in [2.75, 3.05) is 5.75 Å². The molecule has 0 saturated carbocycles. The van der Waals surface area contributed by atoms with Crippen LogP contribution in [-0.2, 0) is 14.9 Å². The van der Waals surface area contributed by atoms with E-state index in [2.05, 4.69) is 0 Å². The van der Waals surface area contributed by atoms with E-state index in [0.717, 1.165) is 0 Å². The first-order chi connectivity index (χ1) is 5.33. The maximum absolute atomic E-state index is 10.2. The van der Waals surface area contributed by atoms with Crippen molar-refractivity contribution < 1.29 is 22.9 Å². The van der Waals surface area contributed by atoms with E-state index in [9.17, 15) is 13.2 Å². The number of hydrogen-bond acceptors (Lipinski definition) is 3. The van der Waals surface area contributed by atoms with E-state index in [1.54, 1.807) is 0 Å². The second-order valence-corrected chi connectivity index (χ2v) is 3.84. The molecule has 0 unspecified atom stereocenters. The van der Waals surface area contributed by atoms with E-state index in [1.165, 1.54) is 13.0 Å². The fraction of sp³-hybridized carbons (Fsp3) is 0.500. The second-order valence-electron chi connectivity index (χ2n) is 2.27. The molecule has 0 aliphatic heterocycles. The van der Waals surface area contributed by atoms with Gasteiger partial charge in [-0.1, -0.05) is 6.08 Å². The third kappa shape index (κ3) is 9.63. The second kappa shape index (κ2) is 6.21. The van der Waals surface area contributed by atoms with Crippen molar-refractivity contribution in [2.24, 2.45) is 0 Å². The van der Waals surface area contributed by atoms with Crippen molar-refractivity contribution in [2.45, 2.75) is 13.3 Å². The summed E-state index contributed by atoms with van der Waals surface area (Å²) in [5.41, 5.74) is 0.0682. The Labute approximate surface area is 88.8 Å². The Hall–Kier alpha value is -0.283. The molecular formula is C6H11LiO5S. The zero-order valence-corrected chi connectivity index (χ0v) is 7.34. The van der Waals surface area contributed by atoms with Gasteiger partial charge in [0.1, 0.15) is 0 Å². The fourth-order valence-electron chi connectivity index (χ4n) is 0.512. The van der Waals surface area contributed by atoms with Gasteiger partial charge in [0.2, 0.25) is 0 Å². The minimum atomic E-state index is -3.98. The average Bonchev–Trinajstić information content (AvgIpc) is 1.84. The van der Waals surface area contributed by atoms with Gasteiger partial charge in [0.05, 0.1) is 5.75 Å². The number of hydrogen-bond donors (Lipinski definition) is 2. The maximum atomic E-state index is 10.2. The van der Waals surface area contributed by atoms with Crippen molar-refractivity contribution >= 4 is 34.9 Å². The number of allylic oxidation sites excluding steroid dienone is 1. The summed E-state index contributed by atoms with van der Waals surface area (Å²) < 4.78 is 28.6. The molecule has 0 aromatic heterocycles. The molecule has 0 atom stereocenters. The summed E-state index contributed by atoms with van der Waals surface area (Å²) in [7, 11) is -3.98. The van der Waals surface area contributed by atoms with Crippen molar-refractivity contribution in [1.82, 2.24) is 0 Å². The number of carboxylic acid groups (broad SMARTS) is 1. The summed E-state index contributed by atoms with van der Waals surface area (Å²) in [4.78, 5) is 10.2. The van der Waals surface area contributed by atoms with E-state index < -0.39 is 21.8 Å². The topological polar surface area (TPSA) is 91.7 Å². The van der Waals surface area contributed by atoms with Crippen LogP contribution in [0.2, 0.25) is 0 Å². The van der Waals surface area contributed by atoms with Gasteiger partial charge >= 0.3 is 24.8 Å². The van der Waals surface area contributed by atoms with Crippen molar-refractivity contribution in [3.05, 3.63) is 11.6 Å². The molecule has 0 aromatic rings. The van der Waals surface area contributed by atoms with E-state index in [-0.39, 0.29) is 30.9 Å². The number of rotatable bonds is 4. The molecule has 0 radical (unpaired) electrons. The summed E-state index contributed by atoms with van der Waals surface area (Å²) in [5, 5.41) is 8.33. The molecule has 7 heteroatoms. The van der Waals surface area contributed by atoms with Gasteiger partial charge in [-0.2, -0.15) is 8.42 Å². The molecule has 0 fully saturated rings. The van der Waals surface area contributed by atoms with Crippen LogP contribution < -0.4 is 0 Å². The number of carboxylic acids is 1. The predicted octanol–water partition coefficient (Wildman–Crippen LogP) is -0.353. The SMILES string of the molecule is CC(=CCCS(=O)(=O)O)C(=O)O.[LiH]. The van der Waals surface area contributed by atoms with Gasteiger partial charge < -0.3 is 5.11 Å². The summed E-state index contributed by atoms with van der Waals surface area (Å²) in [6.07, 6.45) is 1.26. The Morgan fingerprint density at radius 1 is 1.46 bits per heavy atom. The van der Waals surface area contributed by atoms with Gasteiger partial charge in [0.15, 0.2) is 0 Å². The Morgan fingerprint density at radius 3 is 2.23 bits per heavy atom. The molecule has 0 bridgehead atoms. The molecule has 0 heterocycles. The van der Waals surface area contributed by atoms with Crippen LogP contribution in [0.15, 0.2) is 11.6 Å². The molecular weight excluding hydrogens is 191 g/mol. The van der Waals surface area contributed by atoms with Crippen LogP contribution in [0.5, 0.6) is 0 Å². The summed E-state index contributed by atoms with van der Waals surface area (Å²) in [6.45, 7) is 1.35. The molecule has 72 valence electrons. The van der Waals surface area contributed by atoms with Crippen LogP contribution in [-0.4, -0.2) is 48.7 Å². The van der Waals surface area contributed by atoms with Crippen LogP contribution >= 0.6 is 0 Å². The molecule has 0 rings (SSSR count). The third-order valence-corrected chi connectivity index (χ3v) is 1.92. The van der Waals surface area contributed by atoms with Crippen molar-refractivity contribution in [3.8, 4) is 0 Å². The van der Waals surface area contributed by atoms with Gasteiger partial charge in [-0.3, -0.25) is 4.55 Å². The van der Waals surface area contributed by atoms with Crippen LogP contribution in [0.25, 0.3) is 0 Å². The van der Waals surface area contributed by atoms with Crippen molar-refractivity contribution in [1.29, 1.82) is 0 Å². The first-order valence-electron chi connectivity index (χ1n) is 3.18. The number of aliphatic carboxylic acids is 1. The van der Waals surface area contributed by atoms with Crippen molar-refractivity contribution in [3.63, 3.8) is 0 Å². The predicted molar refractivity (Wildman–Crippen MR) is 49.6 cm³/mol. The molecule has 0 aromatic carbocycles. The van der Waals surface area contributed by atoms with Gasteiger partial charge in [0, 0.05) is 5.57 Å². The zero-order chi connectivity index (χ0) is 9.78. The van der Waals surface area contributed by atoms with E-state index in [0.29, 0.717) is 0 Å². The molecule has 13 heavy (non-hydrogen) atoms. The Balaban J connectivity index is 0. The molecule has 2 N–H and O–H groups in total. The summed E-state index contributed by atoms with van der Waals surface area (Å²) >= 11 is 0. The Morgan fingerprint density at radius 2 is 1.92 bits per heavy atom. The number of carbonyl (C=O) groups is 1. The normalized spacial score (nSPS) is 12.0. The molecule has 5 nitrogen and oxygen atoms in total. The quantitative estimate of drug-likeness (QED) is 0.369. The van der Waals surface area contributed by atoms with E-state index >= 15 is 0 Å². The fourth-order valence-corrected chi connectivity index (χ4v) is 0.927. The van der Waals surface area contributed by atoms with Crippen LogP contribution in [0.1, 0.15) is 13.3 Å². The first-order valence-corrected chi connectivity index (χ1v) is 4.79. The van der Waals surface area contributed by atoms with Gasteiger partial charge in [-0.05, 0) is 13.3 Å². The average molecular weight is 202 g/mol. The van der Waals surface area contributed by atoms with Gasteiger partial charge in [-0.25, -0.2) is 4.79 Å². The van der Waals surface area contributed by atoms with E-state index in [4.69, 9.17) is 9.66 Å². The van der Waals surface area contributed by atoms with Crippen LogP contribution in [0.4, 0.5) is 0 Å². The Bertz CT molecular complexity index is 292. The van der Waals surface area contributed by atoms with Crippen LogP contribution in [0.3, 0.4) is 0 Å². The zero-order valence-electron chi connectivity index (χ0n) is 6.52. The third-order valence-electron chi connectivity index (χ3n) is 1.16. The standard InChI is InChI=1S/C6H10O5S.Li.H/c1-5(6(7)8)3-2-4-12(9,10)11;;/h3H,2,4H2,1H3,(H,7,8)(H,9,10,11);;. The van der Waals surface area contributed by atoms with Crippen LogP contribution in [0, 0.1) is 0 Å². The van der Waals surface area contributed by atoms with Gasteiger partial charge in [0.25, 0.3) is 10.1 Å². The molecule has 0 aliphatic rings. The summed E-state index contributed by atoms with van der Waals surface area (Å²) in [6, 6.07) is 0. The monoisotopic (exact) mass is 202 g/mol. The van der Waals surface area contributed by atoms with Gasteiger partial charge in [-0.15, -0.1) is 0 Å². The molecule has 0 amide bonds. The van der Waals surface area contributed by atoms with E-state index in [1.807, 2.05) is 0 Å². The summed E-state index contributed by atoms with van der Waals surface area (Å²) in [5.74, 6) is -1.54. The molecule has 0 saturated heterocycles. The molecule has 0 aliphatic carbocycles. The minimum absolute atomic E-state index is 0. The Kier molecular flexibility index (Phi) is 7.27. The molecule has 0 spiro atoms.